The molecule has 0 N–H and O–H groups in total. The fourth-order valence-electron chi connectivity index (χ4n) is 5.87. The molecule has 2 unspecified atom stereocenters. The summed E-state index contributed by atoms with van der Waals surface area (Å²) in [6.07, 6.45) is 37.3. The SMILES string of the molecule is Brc1ccsc1.CCCCCCCCCCC(C)Cc1ccsc1.CCCCCCCCCCC(CBr)CCCCCCCC.[H-].[H-].[Mg+2]. The van der Waals surface area contributed by atoms with Gasteiger partial charge in [0.2, 0.25) is 0 Å². The van der Waals surface area contributed by atoms with Gasteiger partial charge in [-0.25, -0.2) is 0 Å². The van der Waals surface area contributed by atoms with Crippen LogP contribution in [0.4, 0.5) is 0 Å². The van der Waals surface area contributed by atoms with Crippen LogP contribution < -0.4 is 0 Å². The van der Waals surface area contributed by atoms with Gasteiger partial charge in [0.05, 0.1) is 0 Å². The molecular formula is C41H76Br2MgS2. The molecule has 2 heterocycles. The van der Waals surface area contributed by atoms with E-state index in [9.17, 15) is 0 Å². The Bertz CT molecular complexity index is 778. The Labute approximate surface area is 333 Å². The van der Waals surface area contributed by atoms with Crippen LogP contribution >= 0.6 is 54.5 Å². The van der Waals surface area contributed by atoms with Gasteiger partial charge in [-0.15, -0.1) is 0 Å². The summed E-state index contributed by atoms with van der Waals surface area (Å²) in [7, 11) is 0. The average Bonchev–Trinajstić information content (AvgIpc) is 3.75. The molecule has 268 valence electrons. The number of thiophene rings is 2. The van der Waals surface area contributed by atoms with Crippen LogP contribution in [0.25, 0.3) is 0 Å². The second-order valence-corrected chi connectivity index (χ2v) is 16.6. The molecule has 2 rings (SSSR count). The molecule has 2 atom stereocenters. The van der Waals surface area contributed by atoms with Crippen molar-refractivity contribution in [1.29, 1.82) is 0 Å². The van der Waals surface area contributed by atoms with Crippen LogP contribution in [0.1, 0.15) is 197 Å². The summed E-state index contributed by atoms with van der Waals surface area (Å²) in [6, 6.07) is 4.29. The van der Waals surface area contributed by atoms with Gasteiger partial charge >= 0.3 is 23.1 Å². The Balaban J connectivity index is -0.000000326. The first kappa shape index (κ1) is 49.2. The number of rotatable bonds is 28. The van der Waals surface area contributed by atoms with E-state index >= 15 is 0 Å². The number of hydrogen-bond donors (Lipinski definition) is 0. The van der Waals surface area contributed by atoms with Crippen LogP contribution in [-0.2, 0) is 6.42 Å². The second kappa shape index (κ2) is 40.6. The van der Waals surface area contributed by atoms with Crippen molar-refractivity contribution < 1.29 is 2.85 Å². The molecule has 2 aromatic heterocycles. The van der Waals surface area contributed by atoms with Crippen molar-refractivity contribution in [1.82, 2.24) is 0 Å². The minimum atomic E-state index is 0. The monoisotopic (exact) mass is 814 g/mol. The third-order valence-corrected chi connectivity index (χ3v) is 12.0. The summed E-state index contributed by atoms with van der Waals surface area (Å²) in [5.41, 5.74) is 1.53. The first-order valence-electron chi connectivity index (χ1n) is 19.3. The van der Waals surface area contributed by atoms with Gasteiger partial charge in [0, 0.05) is 15.2 Å². The Morgan fingerprint density at radius 3 is 1.28 bits per heavy atom. The molecule has 5 heteroatoms. The number of unbranched alkanes of at least 4 members (excludes halogenated alkanes) is 19. The maximum atomic E-state index is 3.72. The Morgan fingerprint density at radius 1 is 0.565 bits per heavy atom. The van der Waals surface area contributed by atoms with Gasteiger partial charge in [-0.05, 0) is 80.9 Å². The van der Waals surface area contributed by atoms with Crippen LogP contribution in [-0.4, -0.2) is 28.4 Å². The van der Waals surface area contributed by atoms with Crippen molar-refractivity contribution in [3.05, 3.63) is 43.7 Å². The predicted octanol–water partition coefficient (Wildman–Crippen LogP) is 17.1. The fraction of sp³-hybridized carbons (Fsp3) is 0.805. The molecule has 2 aromatic rings. The molecule has 0 bridgehead atoms. The summed E-state index contributed by atoms with van der Waals surface area (Å²) >= 11 is 10.5. The zero-order valence-corrected chi connectivity index (χ0v) is 37.2. The molecule has 46 heavy (non-hydrogen) atoms. The molecule has 0 radical (unpaired) electrons. The normalized spacial score (nSPS) is 12.0. The minimum Gasteiger partial charge on any atom is -1.00 e. The average molecular weight is 817 g/mol. The number of halogens is 2. The van der Waals surface area contributed by atoms with Gasteiger partial charge in [0.1, 0.15) is 0 Å². The van der Waals surface area contributed by atoms with Crippen LogP contribution in [0.2, 0.25) is 0 Å². The summed E-state index contributed by atoms with van der Waals surface area (Å²) in [4.78, 5) is 0. The standard InChI is InChI=1S/C20H41Br.C17H30S.C4H3BrS.Mg.2H/c1-3-5-7-9-11-12-14-16-18-20(19-21)17-15-13-10-8-6-4-2;1-3-4-5-6-7-8-9-10-11-16(2)14-17-12-13-18-15-17;5-4-1-2-6-3-4;;;/h20H,3-19H2,1-2H3;12-13,15-16H,3-11,14H2,1-2H3;1-3H;;;/q;;;+2;2*-1. The van der Waals surface area contributed by atoms with E-state index in [4.69, 9.17) is 0 Å². The van der Waals surface area contributed by atoms with Crippen molar-refractivity contribution in [2.24, 2.45) is 11.8 Å². The molecule has 0 aliphatic heterocycles. The third-order valence-electron chi connectivity index (χ3n) is 8.85. The van der Waals surface area contributed by atoms with Crippen LogP contribution in [0.5, 0.6) is 0 Å². The second-order valence-electron chi connectivity index (χ2n) is 13.5. The molecule has 0 aliphatic rings. The minimum absolute atomic E-state index is 0. The summed E-state index contributed by atoms with van der Waals surface area (Å²) in [6.45, 7) is 9.28. The zero-order chi connectivity index (χ0) is 33.1. The van der Waals surface area contributed by atoms with Crippen molar-refractivity contribution in [3.63, 3.8) is 0 Å². The van der Waals surface area contributed by atoms with E-state index in [1.807, 2.05) is 28.2 Å². The summed E-state index contributed by atoms with van der Waals surface area (Å²) in [5, 5.41) is 9.78. The first-order chi connectivity index (χ1) is 22.1. The van der Waals surface area contributed by atoms with E-state index in [2.05, 4.69) is 76.4 Å². The fourth-order valence-corrected chi connectivity index (χ4v) is 8.34. The topological polar surface area (TPSA) is 0 Å². The van der Waals surface area contributed by atoms with Crippen LogP contribution in [0.3, 0.4) is 0 Å². The zero-order valence-electron chi connectivity index (χ0n) is 33.0. The van der Waals surface area contributed by atoms with Crippen molar-refractivity contribution in [2.75, 3.05) is 5.33 Å². The van der Waals surface area contributed by atoms with Gasteiger partial charge < -0.3 is 2.85 Å². The molecule has 0 spiro atoms. The van der Waals surface area contributed by atoms with E-state index in [1.165, 1.54) is 182 Å². The van der Waals surface area contributed by atoms with E-state index in [1.54, 1.807) is 11.3 Å². The van der Waals surface area contributed by atoms with Gasteiger partial charge in [-0.3, -0.25) is 0 Å². The van der Waals surface area contributed by atoms with Gasteiger partial charge in [0.25, 0.3) is 0 Å². The van der Waals surface area contributed by atoms with E-state index in [-0.39, 0.29) is 25.9 Å². The smallest absolute Gasteiger partial charge is 1.00 e. The van der Waals surface area contributed by atoms with Gasteiger partial charge in [-0.1, -0.05) is 191 Å². The number of alkyl halides is 1. The molecular weight excluding hydrogens is 741 g/mol. The van der Waals surface area contributed by atoms with Gasteiger partial charge in [-0.2, -0.15) is 22.7 Å². The van der Waals surface area contributed by atoms with Crippen molar-refractivity contribution >= 4 is 77.6 Å². The Kier molecular flexibility index (Phi) is 43.4. The molecule has 0 saturated heterocycles. The summed E-state index contributed by atoms with van der Waals surface area (Å²) in [5.74, 6) is 1.80. The van der Waals surface area contributed by atoms with Crippen LogP contribution in [0.15, 0.2) is 38.1 Å². The Morgan fingerprint density at radius 2 is 0.957 bits per heavy atom. The summed E-state index contributed by atoms with van der Waals surface area (Å²) < 4.78 is 1.17. The van der Waals surface area contributed by atoms with Crippen molar-refractivity contribution in [3.8, 4) is 0 Å². The molecule has 0 saturated carbocycles. The van der Waals surface area contributed by atoms with E-state index < -0.39 is 0 Å². The Hall–Kier alpha value is 1.13. The molecule has 0 aliphatic carbocycles. The predicted molar refractivity (Wildman–Crippen MR) is 227 cm³/mol. The maximum Gasteiger partial charge on any atom is 2.00 e. The largest absolute Gasteiger partial charge is 2.00 e. The van der Waals surface area contributed by atoms with E-state index in [0.29, 0.717) is 0 Å². The van der Waals surface area contributed by atoms with E-state index in [0.717, 1.165) is 11.8 Å². The third kappa shape index (κ3) is 36.4. The van der Waals surface area contributed by atoms with Gasteiger partial charge in [0.15, 0.2) is 0 Å². The first-order valence-corrected chi connectivity index (χ1v) is 23.1. The molecule has 0 fully saturated rings. The maximum absolute atomic E-state index is 3.72. The molecule has 0 aromatic carbocycles. The quantitative estimate of drug-likeness (QED) is 0.0456. The van der Waals surface area contributed by atoms with Crippen LogP contribution in [0, 0.1) is 11.8 Å². The van der Waals surface area contributed by atoms with Crippen molar-refractivity contribution in [2.45, 2.75) is 195 Å². The number of hydrogen-bond acceptors (Lipinski definition) is 2. The molecule has 0 amide bonds. The molecule has 0 nitrogen and oxygen atoms in total.